The molecule has 0 N–H and O–H groups in total. The summed E-state index contributed by atoms with van der Waals surface area (Å²) in [6.07, 6.45) is 2.29. The van der Waals surface area contributed by atoms with Gasteiger partial charge in [0.15, 0.2) is 11.7 Å². The van der Waals surface area contributed by atoms with Crippen LogP contribution in [-0.2, 0) is 17.8 Å². The Morgan fingerprint density at radius 1 is 1.17 bits per heavy atom. The molecule has 0 saturated carbocycles. The van der Waals surface area contributed by atoms with Gasteiger partial charge in [-0.25, -0.2) is 4.79 Å². The maximum Gasteiger partial charge on any atom is 0.344 e. The summed E-state index contributed by atoms with van der Waals surface area (Å²) in [5.74, 6) is -0.709. The molecule has 7 nitrogen and oxygen atoms in total. The number of carbonyl (C=O) groups is 2. The van der Waals surface area contributed by atoms with Crippen molar-refractivity contribution in [2.45, 2.75) is 26.9 Å². The lowest BCUT2D eigenvalue weighted by Gasteiger charge is -2.20. The second kappa shape index (κ2) is 9.28. The number of aldehydes is 1. The first-order valence-corrected chi connectivity index (χ1v) is 10.0. The van der Waals surface area contributed by atoms with Crippen molar-refractivity contribution in [2.24, 2.45) is 0 Å². The third kappa shape index (κ3) is 4.32. The topological polar surface area (TPSA) is 83.2 Å². The monoisotopic (exact) mass is 447 g/mol. The normalized spacial score (nSPS) is 10.8. The first-order valence-electron chi connectivity index (χ1n) is 9.27. The van der Waals surface area contributed by atoms with Crippen molar-refractivity contribution >= 4 is 35.5 Å². The van der Waals surface area contributed by atoms with Gasteiger partial charge in [-0.15, -0.1) is 0 Å². The number of ether oxygens (including phenoxy) is 1. The van der Waals surface area contributed by atoms with Crippen LogP contribution in [0, 0.1) is 0 Å². The third-order valence-electron chi connectivity index (χ3n) is 4.49. The highest BCUT2D eigenvalue weighted by Crippen LogP contribution is 2.31. The number of aromatic nitrogens is 3. The molecular weight excluding hydrogens is 429 g/mol. The quantitative estimate of drug-likeness (QED) is 0.402. The molecule has 156 valence electrons. The van der Waals surface area contributed by atoms with E-state index in [4.69, 9.17) is 27.9 Å². The van der Waals surface area contributed by atoms with Crippen LogP contribution in [0.25, 0.3) is 11.3 Å². The van der Waals surface area contributed by atoms with E-state index < -0.39 is 11.4 Å². The molecule has 0 aliphatic heterocycles. The summed E-state index contributed by atoms with van der Waals surface area (Å²) in [7, 11) is 0. The average molecular weight is 448 g/mol. The minimum atomic E-state index is -0.709. The van der Waals surface area contributed by atoms with Crippen LogP contribution in [0.2, 0.25) is 10.0 Å². The van der Waals surface area contributed by atoms with Crippen molar-refractivity contribution < 1.29 is 14.3 Å². The highest BCUT2D eigenvalue weighted by atomic mass is 35.5. The Bertz CT molecular complexity index is 1170. The number of esters is 1. The van der Waals surface area contributed by atoms with Crippen molar-refractivity contribution in [2.75, 3.05) is 6.61 Å². The molecule has 0 unspecified atom stereocenters. The van der Waals surface area contributed by atoms with E-state index in [1.807, 2.05) is 11.5 Å². The number of benzene rings is 1. The van der Waals surface area contributed by atoms with Gasteiger partial charge in [0.25, 0.3) is 0 Å². The summed E-state index contributed by atoms with van der Waals surface area (Å²) in [6, 6.07) is 7.87. The van der Waals surface area contributed by atoms with Crippen molar-refractivity contribution in [1.29, 1.82) is 0 Å². The van der Waals surface area contributed by atoms with Crippen LogP contribution in [0.5, 0.6) is 0 Å². The molecule has 0 radical (unpaired) electrons. The Labute approximate surface area is 182 Å². The molecular formula is C21H19Cl2N3O4. The fraction of sp³-hybridized carbons (Fsp3) is 0.238. The summed E-state index contributed by atoms with van der Waals surface area (Å²) in [5.41, 5.74) is 1.29. The summed E-state index contributed by atoms with van der Waals surface area (Å²) in [6.45, 7) is 4.39. The highest BCUT2D eigenvalue weighted by Gasteiger charge is 2.24. The predicted octanol–water partition coefficient (Wildman–Crippen LogP) is 4.08. The molecule has 1 aromatic carbocycles. The molecule has 0 aliphatic carbocycles. The number of hydrogen-bond acceptors (Lipinski definition) is 5. The first-order chi connectivity index (χ1) is 14.4. The Morgan fingerprint density at radius 3 is 2.53 bits per heavy atom. The second-order valence-electron chi connectivity index (χ2n) is 6.37. The minimum Gasteiger partial charge on any atom is -0.462 e. The number of hydrogen-bond donors (Lipinski definition) is 0. The number of nitrogens with zero attached hydrogens (tertiary/aromatic N) is 3. The molecule has 0 atom stereocenters. The van der Waals surface area contributed by atoms with Gasteiger partial charge >= 0.3 is 5.97 Å². The molecule has 9 heteroatoms. The fourth-order valence-electron chi connectivity index (χ4n) is 3.23. The minimum absolute atomic E-state index is 0.0742. The molecule has 2 heterocycles. The summed E-state index contributed by atoms with van der Waals surface area (Å²) in [5, 5.41) is 4.80. The van der Waals surface area contributed by atoms with Crippen molar-refractivity contribution in [3.05, 3.63) is 73.7 Å². The van der Waals surface area contributed by atoms with E-state index >= 15 is 0 Å². The first kappa shape index (κ1) is 21.8. The Hall–Kier alpha value is -2.90. The molecule has 0 aliphatic rings. The van der Waals surface area contributed by atoms with Gasteiger partial charge in [-0.3, -0.25) is 14.3 Å². The zero-order valence-corrected chi connectivity index (χ0v) is 17.9. The van der Waals surface area contributed by atoms with Crippen LogP contribution in [-0.4, -0.2) is 33.2 Å². The highest BCUT2D eigenvalue weighted by molar-refractivity contribution is 6.42. The van der Waals surface area contributed by atoms with Crippen molar-refractivity contribution in [1.82, 2.24) is 14.3 Å². The fourth-order valence-corrected chi connectivity index (χ4v) is 3.53. The average Bonchev–Trinajstić information content (AvgIpc) is 3.17. The lowest BCUT2D eigenvalue weighted by molar-refractivity contribution is 0.0524. The largest absolute Gasteiger partial charge is 0.462 e. The molecule has 2 aromatic heterocycles. The smallest absolute Gasteiger partial charge is 0.344 e. The van der Waals surface area contributed by atoms with E-state index in [1.54, 1.807) is 42.1 Å². The Morgan fingerprint density at radius 2 is 1.93 bits per heavy atom. The van der Waals surface area contributed by atoms with E-state index in [1.165, 1.54) is 6.07 Å². The zero-order valence-electron chi connectivity index (χ0n) is 16.4. The second-order valence-corrected chi connectivity index (χ2v) is 7.19. The van der Waals surface area contributed by atoms with Crippen LogP contribution < -0.4 is 5.43 Å². The van der Waals surface area contributed by atoms with Crippen molar-refractivity contribution in [3.63, 3.8) is 0 Å². The molecule has 0 amide bonds. The summed E-state index contributed by atoms with van der Waals surface area (Å²) < 4.78 is 8.51. The van der Waals surface area contributed by atoms with Crippen LogP contribution >= 0.6 is 23.2 Å². The number of pyridine rings is 1. The van der Waals surface area contributed by atoms with Gasteiger partial charge in [0, 0.05) is 30.1 Å². The maximum absolute atomic E-state index is 13.0. The van der Waals surface area contributed by atoms with Gasteiger partial charge in [0.05, 0.1) is 28.9 Å². The van der Waals surface area contributed by atoms with Gasteiger partial charge in [-0.2, -0.15) is 5.10 Å². The molecule has 0 bridgehead atoms. The Balaban J connectivity index is 2.26. The zero-order chi connectivity index (χ0) is 21.8. The molecule has 3 rings (SSSR count). The van der Waals surface area contributed by atoms with Gasteiger partial charge < -0.3 is 9.30 Å². The van der Waals surface area contributed by atoms with Gasteiger partial charge in [-0.05, 0) is 32.0 Å². The van der Waals surface area contributed by atoms with E-state index in [9.17, 15) is 14.4 Å². The molecule has 0 fully saturated rings. The predicted molar refractivity (Wildman–Crippen MR) is 115 cm³/mol. The number of carbonyl (C=O) groups excluding carboxylic acids is 2. The van der Waals surface area contributed by atoms with Gasteiger partial charge in [0.2, 0.25) is 0 Å². The van der Waals surface area contributed by atoms with E-state index in [0.717, 1.165) is 0 Å². The lowest BCUT2D eigenvalue weighted by Crippen LogP contribution is -2.25. The van der Waals surface area contributed by atoms with Gasteiger partial charge in [0.1, 0.15) is 11.3 Å². The van der Waals surface area contributed by atoms with Crippen LogP contribution in [0.15, 0.2) is 41.3 Å². The SMILES string of the molecule is CCOC(=O)c1c(-c2ccc(Cl)c(Cl)c2)n(CC)c(Cn2ccc(C=O)n2)cc1=O. The van der Waals surface area contributed by atoms with Crippen molar-refractivity contribution in [3.8, 4) is 11.3 Å². The molecule has 0 spiro atoms. The Kier molecular flexibility index (Phi) is 6.74. The van der Waals surface area contributed by atoms with Crippen LogP contribution in [0.4, 0.5) is 0 Å². The molecule has 3 aromatic rings. The maximum atomic E-state index is 13.0. The van der Waals surface area contributed by atoms with E-state index in [2.05, 4.69) is 5.10 Å². The summed E-state index contributed by atoms with van der Waals surface area (Å²) in [4.78, 5) is 36.5. The lowest BCUT2D eigenvalue weighted by atomic mass is 10.0. The molecule has 0 saturated heterocycles. The summed E-state index contributed by atoms with van der Waals surface area (Å²) >= 11 is 12.2. The van der Waals surface area contributed by atoms with Gasteiger partial charge in [-0.1, -0.05) is 29.3 Å². The van der Waals surface area contributed by atoms with E-state index in [-0.39, 0.29) is 24.4 Å². The van der Waals surface area contributed by atoms with E-state index in [0.29, 0.717) is 39.8 Å². The standard InChI is InChI=1S/C21H19Cl2N3O4/c1-3-26-15(11-25-8-7-14(12-27)24-25)10-18(28)19(21(29)30-4-2)20(26)13-5-6-16(22)17(23)9-13/h5-10,12H,3-4,11H2,1-2H3. The van der Waals surface area contributed by atoms with Crippen LogP contribution in [0.3, 0.4) is 0 Å². The number of halogens is 2. The van der Waals surface area contributed by atoms with Crippen LogP contribution in [0.1, 0.15) is 40.4 Å². The molecule has 30 heavy (non-hydrogen) atoms. The number of rotatable bonds is 7. The third-order valence-corrected chi connectivity index (χ3v) is 5.23.